The molecule has 0 radical (unpaired) electrons. The van der Waals surface area contributed by atoms with E-state index < -0.39 is 48.0 Å². The largest absolute Gasteiger partial charge is 0.507 e. The van der Waals surface area contributed by atoms with Crippen LogP contribution < -0.4 is 21.2 Å². The Morgan fingerprint density at radius 3 is 0.894 bits per heavy atom. The number of unbranched alkanes of at least 4 members (excludes halogenated alkanes) is 30. The smallest absolute Gasteiger partial charge is 0.278 e. The fourth-order valence-corrected chi connectivity index (χ4v) is 8.19. The number of hydrogen-bond acceptors (Lipinski definition) is 10. The number of carbonyl (C=O) groups is 4. The number of nitrogens with two attached hydrogens (primary N) is 2. The standard InChI is InChI=1S/C54H90N4O8/c1-3-5-7-9-11-13-15-17-19-21-23-25-27-29-31-33-41-65-45-35-37-47(49(59)43-45)53(63)57(55)51(61)39-40-52(62)58(56)54(64)48-38-36-46(44-50(48)60)66-42-34-32-30-28-26-24-22-20-18-16-14-12-10-8-6-4-2/h35-38,43-44,59-60H,3-34,39-42,55-56H2,1-2H3. The van der Waals surface area contributed by atoms with Crippen LogP contribution in [0.4, 0.5) is 0 Å². The van der Waals surface area contributed by atoms with Crippen LogP contribution in [0.15, 0.2) is 36.4 Å². The number of carbonyl (C=O) groups excluding carboxylic acids is 4. The van der Waals surface area contributed by atoms with E-state index in [2.05, 4.69) is 13.8 Å². The first-order valence-electron chi connectivity index (χ1n) is 26.3. The molecule has 0 aliphatic heterocycles. The van der Waals surface area contributed by atoms with Crippen molar-refractivity contribution in [1.29, 1.82) is 0 Å². The van der Waals surface area contributed by atoms with Gasteiger partial charge in [-0.2, -0.15) is 0 Å². The summed E-state index contributed by atoms with van der Waals surface area (Å²) in [6, 6.07) is 8.29. The monoisotopic (exact) mass is 923 g/mol. The maximum Gasteiger partial charge on any atom is 0.278 e. The molecule has 0 fully saturated rings. The van der Waals surface area contributed by atoms with Gasteiger partial charge in [-0.15, -0.1) is 0 Å². The lowest BCUT2D eigenvalue weighted by Gasteiger charge is -2.18. The molecule has 66 heavy (non-hydrogen) atoms. The van der Waals surface area contributed by atoms with Gasteiger partial charge in [-0.05, 0) is 37.1 Å². The Hall–Kier alpha value is -4.16. The summed E-state index contributed by atoms with van der Waals surface area (Å²) >= 11 is 0. The molecular weight excluding hydrogens is 833 g/mol. The van der Waals surface area contributed by atoms with E-state index in [1.807, 2.05) is 0 Å². The van der Waals surface area contributed by atoms with Crippen LogP contribution in [0.1, 0.15) is 253 Å². The highest BCUT2D eigenvalue weighted by Gasteiger charge is 2.26. The zero-order chi connectivity index (χ0) is 48.0. The van der Waals surface area contributed by atoms with Crippen molar-refractivity contribution in [3.8, 4) is 23.0 Å². The van der Waals surface area contributed by atoms with Crippen LogP contribution in [0.2, 0.25) is 0 Å². The highest BCUT2D eigenvalue weighted by atomic mass is 16.5. The molecule has 12 nitrogen and oxygen atoms in total. The molecule has 0 saturated carbocycles. The minimum Gasteiger partial charge on any atom is -0.507 e. The molecule has 0 atom stereocenters. The van der Waals surface area contributed by atoms with Gasteiger partial charge in [0.05, 0.1) is 24.3 Å². The van der Waals surface area contributed by atoms with Crippen molar-refractivity contribution in [2.24, 2.45) is 11.7 Å². The summed E-state index contributed by atoms with van der Waals surface area (Å²) in [5.41, 5.74) is -0.425. The molecule has 0 heterocycles. The summed E-state index contributed by atoms with van der Waals surface area (Å²) < 4.78 is 11.5. The van der Waals surface area contributed by atoms with E-state index >= 15 is 0 Å². The molecule has 12 heteroatoms. The van der Waals surface area contributed by atoms with Gasteiger partial charge in [-0.25, -0.2) is 21.7 Å². The zero-order valence-corrected chi connectivity index (χ0v) is 41.3. The summed E-state index contributed by atoms with van der Waals surface area (Å²) in [5.74, 6) is 7.74. The van der Waals surface area contributed by atoms with Gasteiger partial charge >= 0.3 is 0 Å². The third-order valence-electron chi connectivity index (χ3n) is 12.5. The molecule has 0 bridgehead atoms. The minimum absolute atomic E-state index is 0.213. The molecule has 2 aromatic rings. The van der Waals surface area contributed by atoms with Crippen LogP contribution in [-0.4, -0.2) is 57.1 Å². The van der Waals surface area contributed by atoms with Crippen LogP contribution in [0.25, 0.3) is 0 Å². The lowest BCUT2D eigenvalue weighted by atomic mass is 10.0. The number of hydrogen-bond donors (Lipinski definition) is 4. The average Bonchev–Trinajstić information content (AvgIpc) is 3.31. The second kappa shape index (κ2) is 37.9. The Balaban J connectivity index is 1.58. The molecule has 2 rings (SSSR count). The second-order valence-corrected chi connectivity index (χ2v) is 18.3. The number of phenolic OH excluding ortho intramolecular Hbond substituents is 2. The highest BCUT2D eigenvalue weighted by Crippen LogP contribution is 2.27. The maximum atomic E-state index is 13.0. The molecule has 4 amide bonds. The van der Waals surface area contributed by atoms with Gasteiger partial charge in [0.1, 0.15) is 23.0 Å². The van der Waals surface area contributed by atoms with Crippen LogP contribution in [0.3, 0.4) is 0 Å². The number of ether oxygens (including phenoxy) is 2. The first-order valence-corrected chi connectivity index (χ1v) is 26.3. The number of amides is 4. The van der Waals surface area contributed by atoms with Crippen LogP contribution >= 0.6 is 0 Å². The molecule has 0 saturated heterocycles. The third-order valence-corrected chi connectivity index (χ3v) is 12.5. The van der Waals surface area contributed by atoms with Crippen LogP contribution in [-0.2, 0) is 9.59 Å². The normalized spacial score (nSPS) is 11.2. The van der Waals surface area contributed by atoms with E-state index in [1.54, 1.807) is 0 Å². The third kappa shape index (κ3) is 26.2. The molecule has 0 aliphatic carbocycles. The number of nitrogens with zero attached hydrogens (tertiary/aromatic N) is 2. The van der Waals surface area contributed by atoms with E-state index in [-0.39, 0.29) is 11.1 Å². The number of rotatable bonds is 41. The lowest BCUT2D eigenvalue weighted by Crippen LogP contribution is -2.45. The van der Waals surface area contributed by atoms with Crippen molar-refractivity contribution in [2.75, 3.05) is 13.2 Å². The van der Waals surface area contributed by atoms with E-state index in [0.29, 0.717) is 34.7 Å². The molecule has 374 valence electrons. The fourth-order valence-electron chi connectivity index (χ4n) is 8.19. The van der Waals surface area contributed by atoms with Crippen molar-refractivity contribution < 1.29 is 38.9 Å². The van der Waals surface area contributed by atoms with Crippen molar-refractivity contribution in [3.63, 3.8) is 0 Å². The zero-order valence-electron chi connectivity index (χ0n) is 41.3. The number of benzene rings is 2. The molecular formula is C54H90N4O8. The molecule has 6 N–H and O–H groups in total. The number of hydrazine groups is 2. The molecule has 0 aromatic heterocycles. The Labute approximate surface area is 398 Å². The summed E-state index contributed by atoms with van der Waals surface area (Å²) in [6.07, 6.45) is 39.9. The molecule has 0 unspecified atom stereocenters. The van der Waals surface area contributed by atoms with Gasteiger partial charge in [-0.1, -0.05) is 206 Å². The number of phenols is 2. The molecule has 0 spiro atoms. The summed E-state index contributed by atoms with van der Waals surface area (Å²) in [5, 5.41) is 21.7. The van der Waals surface area contributed by atoms with Gasteiger partial charge in [0, 0.05) is 25.0 Å². The van der Waals surface area contributed by atoms with E-state index in [4.69, 9.17) is 21.2 Å². The van der Waals surface area contributed by atoms with Gasteiger partial charge in [0.15, 0.2) is 0 Å². The average molecular weight is 923 g/mol. The predicted molar refractivity (Wildman–Crippen MR) is 266 cm³/mol. The number of imide groups is 2. The summed E-state index contributed by atoms with van der Waals surface area (Å²) in [7, 11) is 0. The quantitative estimate of drug-likeness (QED) is 0.0216. The van der Waals surface area contributed by atoms with Crippen LogP contribution in [0, 0.1) is 0 Å². The van der Waals surface area contributed by atoms with Crippen molar-refractivity contribution in [2.45, 2.75) is 232 Å². The van der Waals surface area contributed by atoms with E-state index in [9.17, 15) is 29.4 Å². The van der Waals surface area contributed by atoms with Crippen molar-refractivity contribution in [1.82, 2.24) is 10.0 Å². The lowest BCUT2D eigenvalue weighted by molar-refractivity contribution is -0.134. The summed E-state index contributed by atoms with van der Waals surface area (Å²) in [4.78, 5) is 51.4. The van der Waals surface area contributed by atoms with Crippen molar-refractivity contribution in [3.05, 3.63) is 47.5 Å². The molecule has 0 aliphatic rings. The Bertz CT molecular complexity index is 1500. The topological polar surface area (TPSA) is 186 Å². The van der Waals surface area contributed by atoms with Gasteiger partial charge < -0.3 is 19.7 Å². The first-order chi connectivity index (χ1) is 32.1. The van der Waals surface area contributed by atoms with Gasteiger partial charge in [0.2, 0.25) is 11.8 Å². The van der Waals surface area contributed by atoms with E-state index in [0.717, 1.165) is 38.5 Å². The number of aromatic hydroxyl groups is 2. The highest BCUT2D eigenvalue weighted by molar-refractivity contribution is 6.08. The molecule has 2 aromatic carbocycles. The minimum atomic E-state index is -0.975. The van der Waals surface area contributed by atoms with E-state index in [1.165, 1.54) is 203 Å². The predicted octanol–water partition coefficient (Wildman–Crippen LogP) is 13.5. The fraction of sp³-hybridized carbons (Fsp3) is 0.704. The van der Waals surface area contributed by atoms with Gasteiger partial charge in [-0.3, -0.25) is 19.2 Å². The Morgan fingerprint density at radius 1 is 0.409 bits per heavy atom. The Morgan fingerprint density at radius 2 is 0.652 bits per heavy atom. The van der Waals surface area contributed by atoms with Crippen molar-refractivity contribution >= 4 is 23.6 Å². The SMILES string of the molecule is CCCCCCCCCCCCCCCCCCOc1ccc(C(=O)N(N)C(=O)CCC(=O)N(N)C(=O)c2ccc(OCCCCCCCCCCCCCCCCCC)cc2O)c(O)c1. The Kier molecular flexibility index (Phi) is 33.3. The first kappa shape index (κ1) is 58.0. The summed E-state index contributed by atoms with van der Waals surface area (Å²) in [6.45, 7) is 5.46. The maximum absolute atomic E-state index is 13.0. The van der Waals surface area contributed by atoms with Gasteiger partial charge in [0.25, 0.3) is 11.8 Å². The van der Waals surface area contributed by atoms with Crippen LogP contribution in [0.5, 0.6) is 23.0 Å². The second-order valence-electron chi connectivity index (χ2n) is 18.3.